The van der Waals surface area contributed by atoms with E-state index < -0.39 is 30.2 Å². The third-order valence-corrected chi connectivity index (χ3v) is 3.58. The summed E-state index contributed by atoms with van der Waals surface area (Å²) >= 11 is 3.26. The van der Waals surface area contributed by atoms with Gasteiger partial charge in [0.2, 0.25) is 0 Å². The third-order valence-electron chi connectivity index (χ3n) is 3.06. The molecule has 0 saturated heterocycles. The van der Waals surface area contributed by atoms with Gasteiger partial charge in [0.25, 0.3) is 11.8 Å². The summed E-state index contributed by atoms with van der Waals surface area (Å²) in [7, 11) is 0. The molecule has 2 aromatic carbocycles. The Bertz CT molecular complexity index is 798. The molecule has 0 aliphatic carbocycles. The van der Waals surface area contributed by atoms with Gasteiger partial charge < -0.3 is 9.47 Å². The van der Waals surface area contributed by atoms with E-state index in [2.05, 4.69) is 26.8 Å². The van der Waals surface area contributed by atoms with E-state index in [1.807, 2.05) is 0 Å². The van der Waals surface area contributed by atoms with Gasteiger partial charge in [-0.15, -0.1) is 0 Å². The lowest BCUT2D eigenvalue weighted by atomic mass is 10.2. The lowest BCUT2D eigenvalue weighted by Gasteiger charge is -2.11. The normalized spacial score (nSPS) is 10.8. The molecule has 0 aliphatic rings. The van der Waals surface area contributed by atoms with Crippen molar-refractivity contribution in [2.45, 2.75) is 6.18 Å². The molecule has 27 heavy (non-hydrogen) atoms. The first-order valence-electron chi connectivity index (χ1n) is 7.50. The van der Waals surface area contributed by atoms with Crippen LogP contribution in [0.1, 0.15) is 5.56 Å². The number of hydrazine groups is 1. The Hall–Kier alpha value is -2.75. The molecule has 10 heteroatoms. The fraction of sp³-hybridized carbons (Fsp3) is 0.176. The van der Waals surface area contributed by atoms with Gasteiger partial charge in [0, 0.05) is 4.47 Å². The van der Waals surface area contributed by atoms with Crippen LogP contribution >= 0.6 is 15.9 Å². The molecule has 144 valence electrons. The molecule has 2 aromatic rings. The molecule has 2 rings (SSSR count). The van der Waals surface area contributed by atoms with Crippen molar-refractivity contribution in [2.75, 3.05) is 13.2 Å². The number of benzene rings is 2. The number of hydrogen-bond acceptors (Lipinski definition) is 4. The maximum atomic E-state index is 12.6. The van der Waals surface area contributed by atoms with Crippen LogP contribution in [0.3, 0.4) is 0 Å². The molecule has 0 atom stereocenters. The van der Waals surface area contributed by atoms with Crippen LogP contribution in [0.5, 0.6) is 11.5 Å². The Kier molecular flexibility index (Phi) is 7.05. The first kappa shape index (κ1) is 20.6. The molecule has 0 aliphatic heterocycles. The molecule has 2 amide bonds. The van der Waals surface area contributed by atoms with Gasteiger partial charge >= 0.3 is 6.18 Å². The van der Waals surface area contributed by atoms with E-state index in [1.54, 1.807) is 24.3 Å². The van der Waals surface area contributed by atoms with Gasteiger partial charge in [0.1, 0.15) is 11.5 Å². The second kappa shape index (κ2) is 9.26. The highest BCUT2D eigenvalue weighted by molar-refractivity contribution is 9.10. The van der Waals surface area contributed by atoms with E-state index in [4.69, 9.17) is 9.47 Å². The maximum absolute atomic E-state index is 12.6. The summed E-state index contributed by atoms with van der Waals surface area (Å²) in [5.74, 6) is -1.02. The summed E-state index contributed by atoms with van der Waals surface area (Å²) in [6.45, 7) is -0.911. The fourth-order valence-corrected chi connectivity index (χ4v) is 2.07. The minimum Gasteiger partial charge on any atom is -0.484 e. The number of ether oxygens (including phenoxy) is 2. The van der Waals surface area contributed by atoms with Crippen molar-refractivity contribution in [3.8, 4) is 11.5 Å². The van der Waals surface area contributed by atoms with Crippen molar-refractivity contribution in [3.05, 3.63) is 58.6 Å². The highest BCUT2D eigenvalue weighted by Gasteiger charge is 2.30. The number of halogens is 4. The zero-order valence-electron chi connectivity index (χ0n) is 13.7. The molecule has 0 saturated carbocycles. The number of alkyl halides is 3. The maximum Gasteiger partial charge on any atom is 0.416 e. The quantitative estimate of drug-likeness (QED) is 0.668. The second-order valence-corrected chi connectivity index (χ2v) is 6.07. The van der Waals surface area contributed by atoms with Crippen LogP contribution in [-0.2, 0) is 15.8 Å². The first-order valence-corrected chi connectivity index (χ1v) is 8.29. The lowest BCUT2D eigenvalue weighted by Crippen LogP contribution is -2.45. The van der Waals surface area contributed by atoms with Crippen LogP contribution in [0.2, 0.25) is 0 Å². The second-order valence-electron chi connectivity index (χ2n) is 5.15. The van der Waals surface area contributed by atoms with Gasteiger partial charge in [0.05, 0.1) is 5.56 Å². The summed E-state index contributed by atoms with van der Waals surface area (Å²) in [6.07, 6.45) is -4.51. The van der Waals surface area contributed by atoms with Crippen LogP contribution in [0, 0.1) is 0 Å². The lowest BCUT2D eigenvalue weighted by molar-refractivity contribution is -0.137. The van der Waals surface area contributed by atoms with Crippen LogP contribution in [0.4, 0.5) is 13.2 Å². The number of carbonyl (C=O) groups excluding carboxylic acids is 2. The molecule has 0 spiro atoms. The van der Waals surface area contributed by atoms with Gasteiger partial charge in [-0.1, -0.05) is 22.0 Å². The minimum atomic E-state index is -4.51. The molecule has 0 radical (unpaired) electrons. The molecule has 0 aromatic heterocycles. The molecule has 0 fully saturated rings. The van der Waals surface area contributed by atoms with E-state index in [-0.39, 0.29) is 12.4 Å². The van der Waals surface area contributed by atoms with Gasteiger partial charge in [-0.3, -0.25) is 20.4 Å². The standard InChI is InChI=1S/C17H14BrF3N2O4/c18-12-4-6-13(7-5-12)26-9-15(24)22-23-16(25)10-27-14-3-1-2-11(8-14)17(19,20)21/h1-8H,9-10H2,(H,22,24)(H,23,25). The molecule has 0 heterocycles. The van der Waals surface area contributed by atoms with Crippen molar-refractivity contribution in [1.29, 1.82) is 0 Å². The average molecular weight is 447 g/mol. The Morgan fingerprint density at radius 1 is 0.889 bits per heavy atom. The van der Waals surface area contributed by atoms with Crippen LogP contribution in [0.15, 0.2) is 53.0 Å². The monoisotopic (exact) mass is 446 g/mol. The van der Waals surface area contributed by atoms with Crippen LogP contribution < -0.4 is 20.3 Å². The van der Waals surface area contributed by atoms with Crippen molar-refractivity contribution in [1.82, 2.24) is 10.9 Å². The predicted octanol–water partition coefficient (Wildman–Crippen LogP) is 3.07. The molecule has 0 bridgehead atoms. The molecule has 6 nitrogen and oxygen atoms in total. The summed E-state index contributed by atoms with van der Waals surface area (Å²) < 4.78 is 48.8. The van der Waals surface area contributed by atoms with E-state index in [0.29, 0.717) is 5.75 Å². The highest BCUT2D eigenvalue weighted by atomic mass is 79.9. The van der Waals surface area contributed by atoms with Crippen molar-refractivity contribution < 1.29 is 32.2 Å². The van der Waals surface area contributed by atoms with Crippen molar-refractivity contribution >= 4 is 27.7 Å². The zero-order valence-corrected chi connectivity index (χ0v) is 15.3. The van der Waals surface area contributed by atoms with Crippen molar-refractivity contribution in [2.24, 2.45) is 0 Å². The van der Waals surface area contributed by atoms with Crippen molar-refractivity contribution in [3.63, 3.8) is 0 Å². The number of nitrogens with one attached hydrogen (secondary N) is 2. The number of amides is 2. The Morgan fingerprint density at radius 3 is 2.00 bits per heavy atom. The third kappa shape index (κ3) is 7.18. The number of hydrogen-bond donors (Lipinski definition) is 2. The SMILES string of the molecule is O=C(COc1ccc(Br)cc1)NNC(=O)COc1cccc(C(F)(F)F)c1. The van der Waals surface area contributed by atoms with Gasteiger partial charge in [-0.05, 0) is 42.5 Å². The Balaban J connectivity index is 1.71. The molecule has 0 unspecified atom stereocenters. The minimum absolute atomic E-state index is 0.120. The Labute approximate surface area is 160 Å². The van der Waals surface area contributed by atoms with E-state index in [9.17, 15) is 22.8 Å². The number of rotatable bonds is 6. The van der Waals surface area contributed by atoms with Gasteiger partial charge in [0.15, 0.2) is 13.2 Å². The fourth-order valence-electron chi connectivity index (χ4n) is 1.80. The first-order chi connectivity index (χ1) is 12.7. The van der Waals surface area contributed by atoms with Gasteiger partial charge in [-0.25, -0.2) is 0 Å². The molecule has 2 N–H and O–H groups in total. The average Bonchev–Trinajstić information content (AvgIpc) is 2.64. The summed E-state index contributed by atoms with van der Waals surface area (Å²) in [6, 6.07) is 10.9. The van der Waals surface area contributed by atoms with E-state index in [0.717, 1.165) is 22.7 Å². The van der Waals surface area contributed by atoms with E-state index >= 15 is 0 Å². The van der Waals surface area contributed by atoms with E-state index in [1.165, 1.54) is 6.07 Å². The summed E-state index contributed by atoms with van der Waals surface area (Å²) in [5.41, 5.74) is 3.28. The van der Waals surface area contributed by atoms with Gasteiger partial charge in [-0.2, -0.15) is 13.2 Å². The highest BCUT2D eigenvalue weighted by Crippen LogP contribution is 2.31. The van der Waals surface area contributed by atoms with Crippen LogP contribution in [-0.4, -0.2) is 25.0 Å². The zero-order chi connectivity index (χ0) is 19.9. The molecular weight excluding hydrogens is 433 g/mol. The smallest absolute Gasteiger partial charge is 0.416 e. The summed E-state index contributed by atoms with van der Waals surface area (Å²) in [5, 5.41) is 0. The number of carbonyl (C=O) groups is 2. The topological polar surface area (TPSA) is 76.7 Å². The summed E-state index contributed by atoms with van der Waals surface area (Å²) in [4.78, 5) is 23.2. The molecular formula is C17H14BrF3N2O4. The Morgan fingerprint density at radius 2 is 1.44 bits per heavy atom. The largest absolute Gasteiger partial charge is 0.484 e. The predicted molar refractivity (Wildman–Crippen MR) is 92.9 cm³/mol. The van der Waals surface area contributed by atoms with Crippen LogP contribution in [0.25, 0.3) is 0 Å².